The van der Waals surface area contributed by atoms with Crippen molar-refractivity contribution in [2.45, 2.75) is 25.3 Å². The van der Waals surface area contributed by atoms with Crippen LogP contribution in [-0.2, 0) is 0 Å². The molecule has 1 fully saturated rings. The van der Waals surface area contributed by atoms with Crippen LogP contribution >= 0.6 is 0 Å². The van der Waals surface area contributed by atoms with Crippen molar-refractivity contribution in [2.24, 2.45) is 5.73 Å². The Morgan fingerprint density at radius 3 is 2.69 bits per heavy atom. The van der Waals surface area contributed by atoms with Gasteiger partial charge >= 0.3 is 6.03 Å². The molecule has 2 rings (SSSR count). The molecule has 0 radical (unpaired) electrons. The summed E-state index contributed by atoms with van der Waals surface area (Å²) in [7, 11) is 0. The quantitative estimate of drug-likeness (QED) is 0.744. The smallest absolute Gasteiger partial charge is 0.320 e. The molecule has 1 saturated heterocycles. The molecule has 1 aliphatic heterocycles. The first kappa shape index (κ1) is 10.7. The monoisotopic (exact) mass is 217 g/mol. The molecule has 4 nitrogen and oxygen atoms in total. The number of benzene rings is 1. The lowest BCUT2D eigenvalue weighted by atomic mass is 9.95. The van der Waals surface area contributed by atoms with Crippen molar-refractivity contribution in [3.63, 3.8) is 0 Å². The second-order valence-corrected chi connectivity index (χ2v) is 3.97. The van der Waals surface area contributed by atoms with E-state index in [9.17, 15) is 4.79 Å². The summed E-state index contributed by atoms with van der Waals surface area (Å²) in [5.74, 6) is 0.326. The summed E-state index contributed by atoms with van der Waals surface area (Å²) in [5, 5.41) is 7.78. The van der Waals surface area contributed by atoms with E-state index in [0.717, 1.165) is 18.4 Å². The first-order valence-corrected chi connectivity index (χ1v) is 5.41. The lowest BCUT2D eigenvalue weighted by molar-refractivity contribution is 0.208. The van der Waals surface area contributed by atoms with Crippen molar-refractivity contribution in [3.8, 4) is 0 Å². The number of urea groups is 1. The van der Waals surface area contributed by atoms with Gasteiger partial charge in [0.05, 0.1) is 6.04 Å². The van der Waals surface area contributed by atoms with Crippen molar-refractivity contribution in [3.05, 3.63) is 35.9 Å². The van der Waals surface area contributed by atoms with Crippen molar-refractivity contribution < 1.29 is 4.79 Å². The Hall–Kier alpha value is -1.84. The Kier molecular flexibility index (Phi) is 2.90. The van der Waals surface area contributed by atoms with E-state index in [1.807, 2.05) is 30.3 Å². The Bertz CT molecular complexity index is 402. The maximum atomic E-state index is 11.4. The molecule has 2 amide bonds. The highest BCUT2D eigenvalue weighted by Gasteiger charge is 2.30. The number of rotatable bonds is 1. The average Bonchev–Trinajstić information content (AvgIpc) is 2.29. The number of hydrogen-bond acceptors (Lipinski definition) is 2. The molecule has 0 saturated carbocycles. The number of likely N-dealkylation sites (tertiary alicyclic amines) is 1. The van der Waals surface area contributed by atoms with Gasteiger partial charge in [0, 0.05) is 6.42 Å². The average molecular weight is 217 g/mol. The van der Waals surface area contributed by atoms with Gasteiger partial charge in [-0.15, -0.1) is 0 Å². The van der Waals surface area contributed by atoms with E-state index in [4.69, 9.17) is 11.1 Å². The highest BCUT2D eigenvalue weighted by atomic mass is 16.2. The highest BCUT2D eigenvalue weighted by molar-refractivity contribution is 5.96. The van der Waals surface area contributed by atoms with Crippen LogP contribution < -0.4 is 5.73 Å². The molecule has 16 heavy (non-hydrogen) atoms. The number of piperidine rings is 1. The molecule has 1 heterocycles. The summed E-state index contributed by atoms with van der Waals surface area (Å²) < 4.78 is 0. The van der Waals surface area contributed by atoms with Gasteiger partial charge in [-0.1, -0.05) is 30.3 Å². The van der Waals surface area contributed by atoms with Gasteiger partial charge in [0.15, 0.2) is 0 Å². The fourth-order valence-corrected chi connectivity index (χ4v) is 2.18. The Morgan fingerprint density at radius 2 is 2.06 bits per heavy atom. The van der Waals surface area contributed by atoms with Gasteiger partial charge in [0.2, 0.25) is 0 Å². The Balaban J connectivity index is 2.31. The maximum absolute atomic E-state index is 11.4. The second-order valence-electron chi connectivity index (χ2n) is 3.97. The molecule has 1 aliphatic rings. The zero-order valence-electron chi connectivity index (χ0n) is 9.02. The predicted octanol–water partition coefficient (Wildman–Crippen LogP) is 2.27. The molecule has 1 aromatic rings. The van der Waals surface area contributed by atoms with Gasteiger partial charge in [0.25, 0.3) is 0 Å². The third-order valence-electron chi connectivity index (χ3n) is 2.92. The van der Waals surface area contributed by atoms with Gasteiger partial charge in [0.1, 0.15) is 5.84 Å². The Morgan fingerprint density at radius 1 is 1.38 bits per heavy atom. The number of nitrogens with two attached hydrogens (primary N) is 1. The molecule has 0 aliphatic carbocycles. The van der Waals surface area contributed by atoms with Crippen LogP contribution in [0.2, 0.25) is 0 Å². The lowest BCUT2D eigenvalue weighted by Crippen LogP contribution is -2.45. The third kappa shape index (κ3) is 1.91. The molecule has 84 valence electrons. The van der Waals surface area contributed by atoms with Gasteiger partial charge in [-0.05, 0) is 18.4 Å². The van der Waals surface area contributed by atoms with Crippen LogP contribution in [0.25, 0.3) is 0 Å². The Labute approximate surface area is 94.6 Å². The van der Waals surface area contributed by atoms with Crippen LogP contribution in [-0.4, -0.2) is 16.8 Å². The first-order valence-electron chi connectivity index (χ1n) is 5.41. The zero-order valence-corrected chi connectivity index (χ0v) is 9.02. The summed E-state index contributed by atoms with van der Waals surface area (Å²) >= 11 is 0. The van der Waals surface area contributed by atoms with Crippen LogP contribution in [0, 0.1) is 5.41 Å². The molecule has 0 aromatic heterocycles. The number of nitrogens with one attached hydrogen (secondary N) is 1. The minimum Gasteiger partial charge on any atom is -0.351 e. The molecule has 1 unspecified atom stereocenters. The molecule has 3 N–H and O–H groups in total. The largest absolute Gasteiger partial charge is 0.351 e. The zero-order chi connectivity index (χ0) is 11.5. The summed E-state index contributed by atoms with van der Waals surface area (Å²) in [5.41, 5.74) is 6.38. The van der Waals surface area contributed by atoms with Gasteiger partial charge in [-0.3, -0.25) is 10.3 Å². The molecule has 4 heteroatoms. The summed E-state index contributed by atoms with van der Waals surface area (Å²) in [6.45, 7) is 0. The van der Waals surface area contributed by atoms with Crippen LogP contribution in [0.5, 0.6) is 0 Å². The number of carbonyl (C=O) groups is 1. The normalized spacial score (nSPS) is 20.9. The van der Waals surface area contributed by atoms with Crippen molar-refractivity contribution in [1.29, 1.82) is 5.41 Å². The van der Waals surface area contributed by atoms with E-state index in [1.165, 1.54) is 4.90 Å². The van der Waals surface area contributed by atoms with Crippen LogP contribution in [0.3, 0.4) is 0 Å². The SMILES string of the molecule is N=C1CCCC(c2ccccc2)N1C(N)=O. The van der Waals surface area contributed by atoms with E-state index in [2.05, 4.69) is 0 Å². The maximum Gasteiger partial charge on any atom is 0.320 e. The number of primary amides is 1. The third-order valence-corrected chi connectivity index (χ3v) is 2.92. The fourth-order valence-electron chi connectivity index (χ4n) is 2.18. The summed E-state index contributed by atoms with van der Waals surface area (Å²) in [4.78, 5) is 12.8. The minimum absolute atomic E-state index is 0.0695. The van der Waals surface area contributed by atoms with Gasteiger partial charge in [-0.25, -0.2) is 4.79 Å². The van der Waals surface area contributed by atoms with E-state index in [0.29, 0.717) is 12.3 Å². The van der Waals surface area contributed by atoms with Crippen molar-refractivity contribution in [1.82, 2.24) is 4.90 Å². The first-order chi connectivity index (χ1) is 7.70. The van der Waals surface area contributed by atoms with Crippen LogP contribution in [0.1, 0.15) is 30.9 Å². The van der Waals surface area contributed by atoms with E-state index in [-0.39, 0.29) is 6.04 Å². The van der Waals surface area contributed by atoms with Crippen molar-refractivity contribution >= 4 is 11.9 Å². The molecule has 0 bridgehead atoms. The van der Waals surface area contributed by atoms with E-state index < -0.39 is 6.03 Å². The van der Waals surface area contributed by atoms with Crippen LogP contribution in [0.15, 0.2) is 30.3 Å². The van der Waals surface area contributed by atoms with E-state index in [1.54, 1.807) is 0 Å². The number of carbonyl (C=O) groups excluding carboxylic acids is 1. The fraction of sp³-hybridized carbons (Fsp3) is 0.333. The molecule has 1 atom stereocenters. The summed E-state index contributed by atoms with van der Waals surface area (Å²) in [6.07, 6.45) is 2.43. The topological polar surface area (TPSA) is 70.2 Å². The minimum atomic E-state index is -0.529. The number of amidine groups is 1. The molecule has 0 spiro atoms. The lowest BCUT2D eigenvalue weighted by Gasteiger charge is -2.34. The predicted molar refractivity (Wildman–Crippen MR) is 62.2 cm³/mol. The van der Waals surface area contributed by atoms with Gasteiger partial charge < -0.3 is 5.73 Å². The number of amides is 2. The highest BCUT2D eigenvalue weighted by Crippen LogP contribution is 2.31. The van der Waals surface area contributed by atoms with Crippen LogP contribution in [0.4, 0.5) is 4.79 Å². The van der Waals surface area contributed by atoms with Crippen molar-refractivity contribution in [2.75, 3.05) is 0 Å². The van der Waals surface area contributed by atoms with Gasteiger partial charge in [-0.2, -0.15) is 0 Å². The molecular formula is C12H15N3O. The van der Waals surface area contributed by atoms with E-state index >= 15 is 0 Å². The second kappa shape index (κ2) is 4.35. The molecular weight excluding hydrogens is 202 g/mol. The standard InChI is InChI=1S/C12H15N3O/c13-11-8-4-7-10(15(11)12(14)16)9-5-2-1-3-6-9/h1-3,5-6,10,13H,4,7-8H2,(H2,14,16). The molecule has 1 aromatic carbocycles. The number of nitrogens with zero attached hydrogens (tertiary/aromatic N) is 1. The summed E-state index contributed by atoms with van der Waals surface area (Å²) in [6, 6.07) is 9.16. The number of hydrogen-bond donors (Lipinski definition) is 2.